The Bertz CT molecular complexity index is 617. The van der Waals surface area contributed by atoms with Gasteiger partial charge in [0.15, 0.2) is 0 Å². The Morgan fingerprint density at radius 1 is 1.37 bits per heavy atom. The minimum Gasteiger partial charge on any atom is -0.487 e. The number of benzene rings is 1. The van der Waals surface area contributed by atoms with Crippen molar-refractivity contribution in [3.8, 4) is 5.75 Å². The van der Waals surface area contributed by atoms with E-state index in [1.807, 2.05) is 19.1 Å². The van der Waals surface area contributed by atoms with E-state index in [1.54, 1.807) is 6.07 Å². The highest BCUT2D eigenvalue weighted by Crippen LogP contribution is 2.22. The largest absolute Gasteiger partial charge is 0.487 e. The van der Waals surface area contributed by atoms with E-state index in [0.29, 0.717) is 5.69 Å². The van der Waals surface area contributed by atoms with Crippen LogP contribution in [0.1, 0.15) is 11.4 Å². The number of nitro groups is 1. The number of aromatic nitrogens is 1. The van der Waals surface area contributed by atoms with Gasteiger partial charge in [-0.3, -0.25) is 15.1 Å². The van der Waals surface area contributed by atoms with Gasteiger partial charge >= 0.3 is 5.69 Å². The maximum Gasteiger partial charge on any atom is 0.305 e. The standard InChI is InChI=1S/C13H11FN2O3/c1-9-3-2-4-10(15-9)8-19-11-5-6-13(16(17)18)12(14)7-11/h2-7H,8H2,1H3. The van der Waals surface area contributed by atoms with Crippen molar-refractivity contribution < 1.29 is 14.1 Å². The maximum atomic E-state index is 13.4. The lowest BCUT2D eigenvalue weighted by molar-refractivity contribution is -0.387. The van der Waals surface area contributed by atoms with E-state index in [2.05, 4.69) is 4.98 Å². The molecule has 1 aromatic carbocycles. The number of hydrogen-bond donors (Lipinski definition) is 0. The average molecular weight is 262 g/mol. The molecule has 0 aliphatic rings. The fourth-order valence-electron chi connectivity index (χ4n) is 1.56. The van der Waals surface area contributed by atoms with Crippen molar-refractivity contribution in [2.75, 3.05) is 0 Å². The van der Waals surface area contributed by atoms with Crippen molar-refractivity contribution in [1.29, 1.82) is 0 Å². The number of halogens is 1. The number of nitro benzene ring substituents is 1. The first-order valence-electron chi connectivity index (χ1n) is 5.55. The second kappa shape index (κ2) is 5.43. The molecule has 0 aliphatic heterocycles. The predicted molar refractivity (Wildman–Crippen MR) is 66.4 cm³/mol. The van der Waals surface area contributed by atoms with Gasteiger partial charge in [0.25, 0.3) is 0 Å². The minimum absolute atomic E-state index is 0.179. The van der Waals surface area contributed by atoms with Crippen molar-refractivity contribution in [1.82, 2.24) is 4.98 Å². The summed E-state index contributed by atoms with van der Waals surface area (Å²) in [5.74, 6) is -0.689. The van der Waals surface area contributed by atoms with Crippen molar-refractivity contribution in [2.45, 2.75) is 13.5 Å². The van der Waals surface area contributed by atoms with E-state index < -0.39 is 16.4 Å². The minimum atomic E-state index is -0.917. The van der Waals surface area contributed by atoms with E-state index in [1.165, 1.54) is 6.07 Å². The maximum absolute atomic E-state index is 13.4. The number of ether oxygens (including phenoxy) is 1. The van der Waals surface area contributed by atoms with Crippen LogP contribution in [-0.2, 0) is 6.61 Å². The zero-order valence-electron chi connectivity index (χ0n) is 10.2. The average Bonchev–Trinajstić information content (AvgIpc) is 2.36. The highest BCUT2D eigenvalue weighted by atomic mass is 19.1. The molecule has 2 aromatic rings. The predicted octanol–water partition coefficient (Wildman–Crippen LogP) is 3.02. The Morgan fingerprint density at radius 2 is 2.16 bits per heavy atom. The summed E-state index contributed by atoms with van der Waals surface area (Å²) < 4.78 is 18.7. The third kappa shape index (κ3) is 3.25. The SMILES string of the molecule is Cc1cccc(COc2ccc([N+](=O)[O-])c(F)c2)n1. The monoisotopic (exact) mass is 262 g/mol. The first-order chi connectivity index (χ1) is 9.06. The van der Waals surface area contributed by atoms with Gasteiger partial charge in [-0.1, -0.05) is 6.07 Å². The Hall–Kier alpha value is -2.50. The van der Waals surface area contributed by atoms with Gasteiger partial charge in [0, 0.05) is 17.8 Å². The summed E-state index contributed by atoms with van der Waals surface area (Å²) >= 11 is 0. The molecule has 0 atom stereocenters. The van der Waals surface area contributed by atoms with Crippen LogP contribution >= 0.6 is 0 Å². The zero-order valence-corrected chi connectivity index (χ0v) is 10.2. The molecule has 0 spiro atoms. The summed E-state index contributed by atoms with van der Waals surface area (Å²) in [6, 6.07) is 8.92. The van der Waals surface area contributed by atoms with E-state index in [0.717, 1.165) is 17.8 Å². The van der Waals surface area contributed by atoms with Gasteiger partial charge in [-0.15, -0.1) is 0 Å². The Morgan fingerprint density at radius 3 is 2.79 bits per heavy atom. The van der Waals surface area contributed by atoms with Gasteiger partial charge in [-0.05, 0) is 25.1 Å². The fourth-order valence-corrected chi connectivity index (χ4v) is 1.56. The molecular formula is C13H11FN2O3. The van der Waals surface area contributed by atoms with Gasteiger partial charge in [0.2, 0.25) is 5.82 Å². The molecule has 1 aromatic heterocycles. The van der Waals surface area contributed by atoms with Gasteiger partial charge < -0.3 is 4.74 Å². The molecule has 19 heavy (non-hydrogen) atoms. The Kier molecular flexibility index (Phi) is 3.70. The summed E-state index contributed by atoms with van der Waals surface area (Å²) in [5.41, 5.74) is 0.996. The molecule has 0 aliphatic carbocycles. The van der Waals surface area contributed by atoms with Gasteiger partial charge in [-0.2, -0.15) is 4.39 Å². The molecule has 2 rings (SSSR count). The number of rotatable bonds is 4. The summed E-state index contributed by atoms with van der Waals surface area (Å²) in [6.07, 6.45) is 0. The van der Waals surface area contributed by atoms with E-state index in [4.69, 9.17) is 4.74 Å². The van der Waals surface area contributed by atoms with Gasteiger partial charge in [0.05, 0.1) is 10.6 Å². The molecule has 0 amide bonds. The molecule has 1 heterocycles. The second-order valence-electron chi connectivity index (χ2n) is 3.93. The van der Waals surface area contributed by atoms with Crippen LogP contribution in [0.25, 0.3) is 0 Å². The quantitative estimate of drug-likeness (QED) is 0.627. The number of nitrogens with zero attached hydrogens (tertiary/aromatic N) is 2. The molecule has 0 saturated carbocycles. The van der Waals surface area contributed by atoms with Gasteiger partial charge in [-0.25, -0.2) is 0 Å². The molecule has 0 unspecified atom stereocenters. The first-order valence-corrected chi connectivity index (χ1v) is 5.55. The van der Waals surface area contributed by atoms with Crippen LogP contribution < -0.4 is 4.74 Å². The Labute approximate surface area is 108 Å². The van der Waals surface area contributed by atoms with Crippen LogP contribution in [0, 0.1) is 22.9 Å². The summed E-state index contributed by atoms with van der Waals surface area (Å²) in [4.78, 5) is 13.9. The Balaban J connectivity index is 2.08. The summed E-state index contributed by atoms with van der Waals surface area (Å²) in [6.45, 7) is 2.04. The van der Waals surface area contributed by atoms with E-state index in [9.17, 15) is 14.5 Å². The van der Waals surface area contributed by atoms with Gasteiger partial charge in [0.1, 0.15) is 12.4 Å². The lowest BCUT2D eigenvalue weighted by Crippen LogP contribution is -2.00. The van der Waals surface area contributed by atoms with Crippen LogP contribution in [0.2, 0.25) is 0 Å². The first kappa shape index (κ1) is 12.9. The zero-order chi connectivity index (χ0) is 13.8. The lowest BCUT2D eigenvalue weighted by Gasteiger charge is -2.06. The third-order valence-corrected chi connectivity index (χ3v) is 2.45. The molecule has 0 bridgehead atoms. The third-order valence-electron chi connectivity index (χ3n) is 2.45. The van der Waals surface area contributed by atoms with Crippen molar-refractivity contribution in [2.24, 2.45) is 0 Å². The fraction of sp³-hybridized carbons (Fsp3) is 0.154. The van der Waals surface area contributed by atoms with E-state index >= 15 is 0 Å². The van der Waals surface area contributed by atoms with E-state index in [-0.39, 0.29) is 12.4 Å². The van der Waals surface area contributed by atoms with Crippen LogP contribution in [-0.4, -0.2) is 9.91 Å². The van der Waals surface area contributed by atoms with Crippen molar-refractivity contribution >= 4 is 5.69 Å². The second-order valence-corrected chi connectivity index (χ2v) is 3.93. The molecular weight excluding hydrogens is 251 g/mol. The molecule has 0 radical (unpaired) electrons. The molecule has 0 fully saturated rings. The summed E-state index contributed by atoms with van der Waals surface area (Å²) in [5, 5.41) is 10.5. The molecule has 0 N–H and O–H groups in total. The highest BCUT2D eigenvalue weighted by Gasteiger charge is 2.14. The van der Waals surface area contributed by atoms with Crippen LogP contribution in [0.15, 0.2) is 36.4 Å². The number of hydrogen-bond acceptors (Lipinski definition) is 4. The van der Waals surface area contributed by atoms with Crippen molar-refractivity contribution in [3.05, 3.63) is 63.7 Å². The molecule has 5 nitrogen and oxygen atoms in total. The summed E-state index contributed by atoms with van der Waals surface area (Å²) in [7, 11) is 0. The normalized spacial score (nSPS) is 10.2. The molecule has 0 saturated heterocycles. The number of pyridine rings is 1. The lowest BCUT2D eigenvalue weighted by atomic mass is 10.3. The highest BCUT2D eigenvalue weighted by molar-refractivity contribution is 5.38. The van der Waals surface area contributed by atoms with Crippen molar-refractivity contribution in [3.63, 3.8) is 0 Å². The molecule has 98 valence electrons. The van der Waals surface area contributed by atoms with Crippen LogP contribution in [0.3, 0.4) is 0 Å². The smallest absolute Gasteiger partial charge is 0.305 e. The van der Waals surface area contributed by atoms with Crippen LogP contribution in [0.4, 0.5) is 10.1 Å². The number of aryl methyl sites for hydroxylation is 1. The topological polar surface area (TPSA) is 65.3 Å². The van der Waals surface area contributed by atoms with Crippen LogP contribution in [0.5, 0.6) is 5.75 Å². The molecule has 6 heteroatoms.